The quantitative estimate of drug-likeness (QED) is 0.555. The molecule has 0 amide bonds. The van der Waals surface area contributed by atoms with Crippen LogP contribution in [0.4, 0.5) is 0 Å². The molecule has 0 aliphatic carbocycles. The van der Waals surface area contributed by atoms with Crippen LogP contribution in [0.15, 0.2) is 51.9 Å². The average Bonchev–Trinajstić information content (AvgIpc) is 3.24. The van der Waals surface area contributed by atoms with Gasteiger partial charge in [-0.3, -0.25) is 4.90 Å². The van der Waals surface area contributed by atoms with Crippen LogP contribution in [0.3, 0.4) is 0 Å². The van der Waals surface area contributed by atoms with E-state index >= 15 is 0 Å². The monoisotopic (exact) mass is 462 g/mol. The fourth-order valence-corrected chi connectivity index (χ4v) is 5.40. The molecule has 0 N–H and O–H groups in total. The van der Waals surface area contributed by atoms with Crippen molar-refractivity contribution < 1.29 is 17.7 Å². The molecule has 0 radical (unpaired) electrons. The lowest BCUT2D eigenvalue weighted by molar-refractivity contribution is 0.163. The number of piperazine rings is 1. The van der Waals surface area contributed by atoms with Gasteiger partial charge in [0.05, 0.1) is 18.6 Å². The number of nitrogens with zero attached hydrogens (tertiary/aromatic N) is 4. The van der Waals surface area contributed by atoms with Crippen LogP contribution < -0.4 is 4.74 Å². The molecule has 164 valence electrons. The molecule has 4 rings (SSSR count). The van der Waals surface area contributed by atoms with E-state index in [9.17, 15) is 8.42 Å². The van der Waals surface area contributed by atoms with Gasteiger partial charge in [-0.1, -0.05) is 22.8 Å². The van der Waals surface area contributed by atoms with Crippen LogP contribution in [-0.4, -0.2) is 61.1 Å². The Labute approximate surface area is 186 Å². The van der Waals surface area contributed by atoms with Gasteiger partial charge in [-0.2, -0.15) is 9.29 Å². The van der Waals surface area contributed by atoms with E-state index in [1.54, 1.807) is 26.2 Å². The van der Waals surface area contributed by atoms with Crippen molar-refractivity contribution in [3.8, 4) is 17.1 Å². The van der Waals surface area contributed by atoms with Crippen molar-refractivity contribution in [3.05, 3.63) is 58.9 Å². The molecule has 31 heavy (non-hydrogen) atoms. The normalized spacial score (nSPS) is 15.8. The zero-order valence-corrected chi connectivity index (χ0v) is 18.9. The van der Waals surface area contributed by atoms with Crippen LogP contribution in [0, 0.1) is 6.92 Å². The third kappa shape index (κ3) is 4.74. The summed E-state index contributed by atoms with van der Waals surface area (Å²) in [6, 6.07) is 12.3. The average molecular weight is 463 g/mol. The van der Waals surface area contributed by atoms with E-state index in [0.717, 1.165) is 11.3 Å². The molecule has 10 heteroatoms. The van der Waals surface area contributed by atoms with Crippen molar-refractivity contribution in [1.82, 2.24) is 19.3 Å². The van der Waals surface area contributed by atoms with Crippen molar-refractivity contribution in [1.29, 1.82) is 0 Å². The molecule has 8 nitrogen and oxygen atoms in total. The SMILES string of the molecule is COc1ccc(-c2noc(CN3CCN(S(=O)(=O)c4cc(Cl)ccc4C)CC3)n2)cc1. The van der Waals surface area contributed by atoms with Gasteiger partial charge in [-0.15, -0.1) is 0 Å². The summed E-state index contributed by atoms with van der Waals surface area (Å²) in [5, 5.41) is 4.46. The molecule has 0 atom stereocenters. The summed E-state index contributed by atoms with van der Waals surface area (Å²) in [6.45, 7) is 4.14. The molecule has 1 saturated heterocycles. The fraction of sp³-hybridized carbons (Fsp3) is 0.333. The first-order valence-corrected chi connectivity index (χ1v) is 11.6. The second-order valence-corrected chi connectivity index (χ2v) is 9.67. The predicted octanol–water partition coefficient (Wildman–Crippen LogP) is 3.21. The van der Waals surface area contributed by atoms with Crippen LogP contribution in [-0.2, 0) is 16.6 Å². The van der Waals surface area contributed by atoms with Crippen molar-refractivity contribution in [3.63, 3.8) is 0 Å². The molecular formula is C21H23ClN4O4S. The van der Waals surface area contributed by atoms with Gasteiger partial charge in [0.2, 0.25) is 21.7 Å². The maximum absolute atomic E-state index is 13.0. The summed E-state index contributed by atoms with van der Waals surface area (Å²) in [5.74, 6) is 1.76. The van der Waals surface area contributed by atoms with Crippen LogP contribution in [0.2, 0.25) is 5.02 Å². The highest BCUT2D eigenvalue weighted by Gasteiger charge is 2.30. The molecule has 1 aliphatic heterocycles. The van der Waals surface area contributed by atoms with E-state index in [1.165, 1.54) is 10.4 Å². The smallest absolute Gasteiger partial charge is 0.243 e. The molecule has 0 bridgehead atoms. The van der Waals surface area contributed by atoms with Crippen LogP contribution in [0.1, 0.15) is 11.5 Å². The standard InChI is InChI=1S/C21H23ClN4O4S/c1-15-3-6-17(22)13-19(15)31(27,28)26-11-9-25(10-12-26)14-20-23-21(24-30-20)16-4-7-18(29-2)8-5-16/h3-8,13H,9-12,14H2,1-2H3. The highest BCUT2D eigenvalue weighted by atomic mass is 35.5. The Morgan fingerprint density at radius 3 is 2.48 bits per heavy atom. The van der Waals surface area contributed by atoms with Gasteiger partial charge in [0.15, 0.2) is 0 Å². The number of halogens is 1. The molecule has 1 fully saturated rings. The number of benzene rings is 2. The first-order valence-electron chi connectivity index (χ1n) is 9.82. The minimum Gasteiger partial charge on any atom is -0.497 e. The largest absolute Gasteiger partial charge is 0.497 e. The maximum atomic E-state index is 13.0. The summed E-state index contributed by atoms with van der Waals surface area (Å²) in [7, 11) is -1.97. The lowest BCUT2D eigenvalue weighted by Crippen LogP contribution is -2.48. The molecule has 2 heterocycles. The second kappa shape index (κ2) is 8.96. The van der Waals surface area contributed by atoms with Gasteiger partial charge in [0, 0.05) is 36.8 Å². The van der Waals surface area contributed by atoms with Gasteiger partial charge >= 0.3 is 0 Å². The first-order chi connectivity index (χ1) is 14.9. The number of hydrogen-bond donors (Lipinski definition) is 0. The Kier molecular flexibility index (Phi) is 6.29. The summed E-state index contributed by atoms with van der Waals surface area (Å²) >= 11 is 6.02. The number of ether oxygens (including phenoxy) is 1. The van der Waals surface area contributed by atoms with Gasteiger partial charge in [-0.25, -0.2) is 8.42 Å². The third-order valence-electron chi connectivity index (χ3n) is 5.27. The Morgan fingerprint density at radius 2 is 1.81 bits per heavy atom. The molecule has 0 spiro atoms. The minimum absolute atomic E-state index is 0.259. The third-order valence-corrected chi connectivity index (χ3v) is 7.55. The van der Waals surface area contributed by atoms with Crippen LogP contribution in [0.5, 0.6) is 5.75 Å². The van der Waals surface area contributed by atoms with Crippen molar-refractivity contribution >= 4 is 21.6 Å². The number of methoxy groups -OCH3 is 1. The summed E-state index contributed by atoms with van der Waals surface area (Å²) in [5.41, 5.74) is 1.52. The molecule has 2 aromatic carbocycles. The number of hydrogen-bond acceptors (Lipinski definition) is 7. The van der Waals surface area contributed by atoms with E-state index in [0.29, 0.717) is 55.0 Å². The van der Waals surface area contributed by atoms with E-state index in [4.69, 9.17) is 20.9 Å². The van der Waals surface area contributed by atoms with Gasteiger partial charge in [-0.05, 0) is 48.9 Å². The van der Waals surface area contributed by atoms with E-state index < -0.39 is 10.0 Å². The van der Waals surface area contributed by atoms with E-state index in [-0.39, 0.29) is 4.90 Å². The molecule has 0 saturated carbocycles. The first kappa shape index (κ1) is 21.8. The lowest BCUT2D eigenvalue weighted by atomic mass is 10.2. The number of aryl methyl sites for hydroxylation is 1. The zero-order chi connectivity index (χ0) is 22.0. The van der Waals surface area contributed by atoms with Crippen molar-refractivity contribution in [2.75, 3.05) is 33.3 Å². The maximum Gasteiger partial charge on any atom is 0.243 e. The van der Waals surface area contributed by atoms with Crippen molar-refractivity contribution in [2.24, 2.45) is 0 Å². The van der Waals surface area contributed by atoms with E-state index in [2.05, 4.69) is 15.0 Å². The Balaban J connectivity index is 1.38. The van der Waals surface area contributed by atoms with Crippen LogP contribution in [0.25, 0.3) is 11.4 Å². The molecule has 3 aromatic rings. The van der Waals surface area contributed by atoms with Crippen LogP contribution >= 0.6 is 11.6 Å². The molecule has 1 aliphatic rings. The lowest BCUT2D eigenvalue weighted by Gasteiger charge is -2.33. The highest BCUT2D eigenvalue weighted by molar-refractivity contribution is 7.89. The number of aromatic nitrogens is 2. The Morgan fingerprint density at radius 1 is 1.10 bits per heavy atom. The van der Waals surface area contributed by atoms with Gasteiger partial charge in [0.25, 0.3) is 0 Å². The second-order valence-electron chi connectivity index (χ2n) is 7.33. The molecule has 0 unspecified atom stereocenters. The van der Waals surface area contributed by atoms with Gasteiger partial charge < -0.3 is 9.26 Å². The summed E-state index contributed by atoms with van der Waals surface area (Å²) in [6.07, 6.45) is 0. The summed E-state index contributed by atoms with van der Waals surface area (Å²) in [4.78, 5) is 6.82. The Bertz CT molecular complexity index is 1160. The van der Waals surface area contributed by atoms with E-state index in [1.807, 2.05) is 24.3 Å². The molecule has 1 aromatic heterocycles. The fourth-order valence-electron chi connectivity index (χ4n) is 3.49. The number of sulfonamides is 1. The molecular weight excluding hydrogens is 440 g/mol. The summed E-state index contributed by atoms with van der Waals surface area (Å²) < 4.78 is 38.1. The zero-order valence-electron chi connectivity index (χ0n) is 17.3. The van der Waals surface area contributed by atoms with Gasteiger partial charge in [0.1, 0.15) is 5.75 Å². The topological polar surface area (TPSA) is 88.8 Å². The minimum atomic E-state index is -3.59. The van der Waals surface area contributed by atoms with Crippen molar-refractivity contribution in [2.45, 2.75) is 18.4 Å². The Hall–Kier alpha value is -2.46. The number of rotatable bonds is 6. The predicted molar refractivity (Wildman–Crippen MR) is 117 cm³/mol. The highest BCUT2D eigenvalue weighted by Crippen LogP contribution is 2.25.